The van der Waals surface area contributed by atoms with Crippen molar-refractivity contribution < 1.29 is 9.53 Å². The topological polar surface area (TPSA) is 78.2 Å². The van der Waals surface area contributed by atoms with Crippen LogP contribution in [-0.2, 0) is 9.53 Å². The van der Waals surface area contributed by atoms with Crippen LogP contribution in [0.2, 0.25) is 0 Å². The number of ether oxygens (including phenoxy) is 1. The van der Waals surface area contributed by atoms with Crippen LogP contribution in [0.4, 0.5) is 5.69 Å². The normalized spacial score (nSPS) is 22.4. The van der Waals surface area contributed by atoms with Gasteiger partial charge in [-0.1, -0.05) is 0 Å². The van der Waals surface area contributed by atoms with Gasteiger partial charge in [-0.2, -0.15) is 5.26 Å². The van der Waals surface area contributed by atoms with E-state index in [2.05, 4.69) is 15.2 Å². The molecule has 6 nitrogen and oxygen atoms in total. The Balaban J connectivity index is 1.58. The van der Waals surface area contributed by atoms with Crippen molar-refractivity contribution in [2.75, 3.05) is 31.2 Å². The molecule has 0 spiro atoms. The number of aromatic nitrogens is 1. The van der Waals surface area contributed by atoms with Gasteiger partial charge in [0, 0.05) is 32.3 Å². The second-order valence-electron chi connectivity index (χ2n) is 6.19. The summed E-state index contributed by atoms with van der Waals surface area (Å²) >= 11 is 0. The highest BCUT2D eigenvalue weighted by atomic mass is 16.5. The Morgan fingerprint density at radius 2 is 2.17 bits per heavy atom. The van der Waals surface area contributed by atoms with Gasteiger partial charge in [-0.3, -0.25) is 4.79 Å². The molecule has 2 saturated heterocycles. The van der Waals surface area contributed by atoms with Crippen molar-refractivity contribution in [1.29, 1.82) is 5.26 Å². The summed E-state index contributed by atoms with van der Waals surface area (Å²) in [5.74, 6) is 0.172. The molecule has 2 fully saturated rings. The standard InChI is InChI=1S/C17H22N4O2/c18-10-15-3-4-16(11-19-15)21-7-1-2-13(12-21)17(22)20-14-5-8-23-9-6-14/h3-4,11,13-14H,1-2,5-9,12H2,(H,20,22). The van der Waals surface area contributed by atoms with E-state index in [1.165, 1.54) is 0 Å². The molecule has 0 bridgehead atoms. The molecule has 1 N–H and O–H groups in total. The summed E-state index contributed by atoms with van der Waals surface area (Å²) in [6, 6.07) is 5.91. The van der Waals surface area contributed by atoms with Gasteiger partial charge in [-0.15, -0.1) is 0 Å². The first-order valence-electron chi connectivity index (χ1n) is 8.25. The Hall–Kier alpha value is -2.13. The van der Waals surface area contributed by atoms with Crippen LogP contribution >= 0.6 is 0 Å². The zero-order chi connectivity index (χ0) is 16.1. The van der Waals surface area contributed by atoms with E-state index >= 15 is 0 Å². The molecule has 3 heterocycles. The summed E-state index contributed by atoms with van der Waals surface area (Å²) in [6.45, 7) is 3.11. The van der Waals surface area contributed by atoms with Gasteiger partial charge >= 0.3 is 0 Å². The number of hydrogen-bond acceptors (Lipinski definition) is 5. The van der Waals surface area contributed by atoms with Gasteiger partial charge in [0.05, 0.1) is 17.8 Å². The third-order valence-corrected chi connectivity index (χ3v) is 4.59. The van der Waals surface area contributed by atoms with E-state index in [9.17, 15) is 4.79 Å². The highest BCUT2D eigenvalue weighted by Crippen LogP contribution is 2.23. The minimum absolute atomic E-state index is 0.0160. The maximum Gasteiger partial charge on any atom is 0.225 e. The largest absolute Gasteiger partial charge is 0.381 e. The van der Waals surface area contributed by atoms with Gasteiger partial charge in [0.2, 0.25) is 5.91 Å². The SMILES string of the molecule is N#Cc1ccc(N2CCCC(C(=O)NC3CCOCC3)C2)cn1. The molecule has 3 rings (SSSR count). The second-order valence-corrected chi connectivity index (χ2v) is 6.19. The number of nitrogens with one attached hydrogen (secondary N) is 1. The molecule has 1 aromatic heterocycles. The summed E-state index contributed by atoms with van der Waals surface area (Å²) in [4.78, 5) is 18.8. The highest BCUT2D eigenvalue weighted by Gasteiger charge is 2.28. The number of anilines is 1. The minimum Gasteiger partial charge on any atom is -0.381 e. The lowest BCUT2D eigenvalue weighted by atomic mass is 9.96. The number of rotatable bonds is 3. The monoisotopic (exact) mass is 314 g/mol. The molecule has 0 radical (unpaired) electrons. The average Bonchev–Trinajstić information content (AvgIpc) is 2.63. The highest BCUT2D eigenvalue weighted by molar-refractivity contribution is 5.80. The summed E-state index contributed by atoms with van der Waals surface area (Å²) in [5, 5.41) is 12.0. The van der Waals surface area contributed by atoms with Crippen molar-refractivity contribution in [3.63, 3.8) is 0 Å². The van der Waals surface area contributed by atoms with Gasteiger partial charge in [0.1, 0.15) is 11.8 Å². The molecule has 0 saturated carbocycles. The number of nitriles is 1. The first kappa shape index (κ1) is 15.8. The smallest absolute Gasteiger partial charge is 0.225 e. The number of carbonyl (C=O) groups excluding carboxylic acids is 1. The predicted octanol–water partition coefficient (Wildman–Crippen LogP) is 1.46. The fourth-order valence-electron chi connectivity index (χ4n) is 3.23. The number of amides is 1. The second kappa shape index (κ2) is 7.42. The third-order valence-electron chi connectivity index (χ3n) is 4.59. The molecular formula is C17H22N4O2. The fourth-order valence-corrected chi connectivity index (χ4v) is 3.23. The Kier molecular flexibility index (Phi) is 5.09. The first-order valence-corrected chi connectivity index (χ1v) is 8.25. The van der Waals surface area contributed by atoms with Crippen molar-refractivity contribution in [3.8, 4) is 6.07 Å². The number of piperidine rings is 1. The van der Waals surface area contributed by atoms with Gasteiger partial charge in [0.25, 0.3) is 0 Å². The summed E-state index contributed by atoms with van der Waals surface area (Å²) < 4.78 is 5.33. The van der Waals surface area contributed by atoms with Crippen LogP contribution in [0.15, 0.2) is 18.3 Å². The number of hydrogen-bond donors (Lipinski definition) is 1. The summed E-state index contributed by atoms with van der Waals surface area (Å²) in [5.41, 5.74) is 1.40. The maximum absolute atomic E-state index is 12.5. The van der Waals surface area contributed by atoms with E-state index in [-0.39, 0.29) is 17.9 Å². The number of carbonyl (C=O) groups is 1. The Morgan fingerprint density at radius 3 is 2.87 bits per heavy atom. The molecule has 23 heavy (non-hydrogen) atoms. The quantitative estimate of drug-likeness (QED) is 0.914. The predicted molar refractivity (Wildman–Crippen MR) is 85.9 cm³/mol. The molecule has 1 amide bonds. The average molecular weight is 314 g/mol. The first-order chi connectivity index (χ1) is 11.3. The van der Waals surface area contributed by atoms with Crippen LogP contribution in [-0.4, -0.2) is 43.2 Å². The zero-order valence-corrected chi connectivity index (χ0v) is 13.2. The van der Waals surface area contributed by atoms with Crippen LogP contribution in [0.3, 0.4) is 0 Å². The van der Waals surface area contributed by atoms with Crippen molar-refractivity contribution >= 4 is 11.6 Å². The Morgan fingerprint density at radius 1 is 1.35 bits per heavy atom. The van der Waals surface area contributed by atoms with E-state index in [0.29, 0.717) is 12.2 Å². The molecule has 2 aliphatic heterocycles. The molecule has 0 aliphatic carbocycles. The Labute approximate surface area is 136 Å². The van der Waals surface area contributed by atoms with E-state index in [4.69, 9.17) is 10.00 Å². The molecule has 2 aliphatic rings. The van der Waals surface area contributed by atoms with Crippen molar-refractivity contribution in [2.24, 2.45) is 5.92 Å². The van der Waals surface area contributed by atoms with Crippen molar-refractivity contribution in [1.82, 2.24) is 10.3 Å². The molecule has 0 aromatic carbocycles. The number of pyridine rings is 1. The van der Waals surface area contributed by atoms with Crippen molar-refractivity contribution in [3.05, 3.63) is 24.0 Å². The molecule has 1 unspecified atom stereocenters. The third kappa shape index (κ3) is 3.99. The van der Waals surface area contributed by atoms with Crippen LogP contribution in [0.1, 0.15) is 31.4 Å². The van der Waals surface area contributed by atoms with Gasteiger partial charge in [-0.05, 0) is 37.8 Å². The molecule has 1 atom stereocenters. The van der Waals surface area contributed by atoms with E-state index in [1.807, 2.05) is 12.1 Å². The van der Waals surface area contributed by atoms with Gasteiger partial charge in [0.15, 0.2) is 0 Å². The van der Waals surface area contributed by atoms with E-state index in [0.717, 1.165) is 51.1 Å². The van der Waals surface area contributed by atoms with Crippen LogP contribution in [0, 0.1) is 17.2 Å². The number of nitrogens with zero attached hydrogens (tertiary/aromatic N) is 3. The lowest BCUT2D eigenvalue weighted by Crippen LogP contribution is -2.47. The van der Waals surface area contributed by atoms with Gasteiger partial charge < -0.3 is 15.0 Å². The Bertz CT molecular complexity index is 575. The van der Waals surface area contributed by atoms with Crippen molar-refractivity contribution in [2.45, 2.75) is 31.7 Å². The van der Waals surface area contributed by atoms with Crippen LogP contribution in [0.25, 0.3) is 0 Å². The van der Waals surface area contributed by atoms with Gasteiger partial charge in [-0.25, -0.2) is 4.98 Å². The molecule has 1 aromatic rings. The summed E-state index contributed by atoms with van der Waals surface area (Å²) in [6.07, 6.45) is 5.45. The minimum atomic E-state index is 0.0160. The lowest BCUT2D eigenvalue weighted by Gasteiger charge is -2.34. The maximum atomic E-state index is 12.5. The summed E-state index contributed by atoms with van der Waals surface area (Å²) in [7, 11) is 0. The van der Waals surface area contributed by atoms with Crippen LogP contribution in [0.5, 0.6) is 0 Å². The van der Waals surface area contributed by atoms with Crippen LogP contribution < -0.4 is 10.2 Å². The van der Waals surface area contributed by atoms with E-state index in [1.54, 1.807) is 12.3 Å². The zero-order valence-electron chi connectivity index (χ0n) is 13.2. The van der Waals surface area contributed by atoms with E-state index < -0.39 is 0 Å². The lowest BCUT2D eigenvalue weighted by molar-refractivity contribution is -0.126. The molecular weight excluding hydrogens is 292 g/mol. The molecule has 6 heteroatoms. The fraction of sp³-hybridized carbons (Fsp3) is 0.588. The molecule has 122 valence electrons.